The summed E-state index contributed by atoms with van der Waals surface area (Å²) in [5.41, 5.74) is 2.63. The summed E-state index contributed by atoms with van der Waals surface area (Å²) in [4.78, 5) is 29.2. The van der Waals surface area contributed by atoms with Crippen LogP contribution in [0.25, 0.3) is 0 Å². The Morgan fingerprint density at radius 1 is 1.17 bits per heavy atom. The van der Waals surface area contributed by atoms with Crippen molar-refractivity contribution in [2.75, 3.05) is 39.3 Å². The van der Waals surface area contributed by atoms with Crippen molar-refractivity contribution in [3.8, 4) is 0 Å². The SMILES string of the molecule is CC(=O)NCC(=O)N1Cc2ccccc2CC2(CCCCN2CC2CCNCC2)C1. The first-order valence-corrected chi connectivity index (χ1v) is 11.6. The highest BCUT2D eigenvalue weighted by Crippen LogP contribution is 2.37. The van der Waals surface area contributed by atoms with Gasteiger partial charge in [-0.2, -0.15) is 0 Å². The highest BCUT2D eigenvalue weighted by atomic mass is 16.2. The monoisotopic (exact) mass is 412 g/mol. The van der Waals surface area contributed by atoms with Gasteiger partial charge in [0.05, 0.1) is 6.54 Å². The van der Waals surface area contributed by atoms with Crippen molar-refractivity contribution in [2.24, 2.45) is 5.92 Å². The third-order valence-corrected chi connectivity index (χ3v) is 7.25. The van der Waals surface area contributed by atoms with Crippen molar-refractivity contribution >= 4 is 11.8 Å². The molecule has 1 atom stereocenters. The van der Waals surface area contributed by atoms with Crippen LogP contribution in [-0.4, -0.2) is 66.4 Å². The van der Waals surface area contributed by atoms with Gasteiger partial charge in [-0.25, -0.2) is 0 Å². The molecule has 1 unspecified atom stereocenters. The number of fused-ring (bicyclic) bond motifs is 1. The molecule has 1 aromatic rings. The maximum atomic E-state index is 13.1. The highest BCUT2D eigenvalue weighted by Gasteiger charge is 2.43. The number of carbonyl (C=O) groups is 2. The fraction of sp³-hybridized carbons (Fsp3) is 0.667. The Labute approximate surface area is 180 Å². The summed E-state index contributed by atoms with van der Waals surface area (Å²) < 4.78 is 0. The number of nitrogens with one attached hydrogen (secondary N) is 2. The summed E-state index contributed by atoms with van der Waals surface area (Å²) in [5, 5.41) is 6.19. The molecule has 1 spiro atoms. The smallest absolute Gasteiger partial charge is 0.242 e. The molecule has 2 fully saturated rings. The number of likely N-dealkylation sites (tertiary alicyclic amines) is 1. The van der Waals surface area contributed by atoms with Crippen molar-refractivity contribution in [1.29, 1.82) is 0 Å². The van der Waals surface area contributed by atoms with E-state index in [-0.39, 0.29) is 23.9 Å². The molecule has 3 heterocycles. The van der Waals surface area contributed by atoms with Gasteiger partial charge in [-0.05, 0) is 68.8 Å². The van der Waals surface area contributed by atoms with Gasteiger partial charge in [-0.15, -0.1) is 0 Å². The van der Waals surface area contributed by atoms with Crippen molar-refractivity contribution in [3.63, 3.8) is 0 Å². The minimum absolute atomic E-state index is 0.00160. The summed E-state index contributed by atoms with van der Waals surface area (Å²) in [6, 6.07) is 8.60. The van der Waals surface area contributed by atoms with Crippen molar-refractivity contribution in [3.05, 3.63) is 35.4 Å². The summed E-state index contributed by atoms with van der Waals surface area (Å²) in [6.07, 6.45) is 7.10. The molecule has 3 aliphatic rings. The van der Waals surface area contributed by atoms with E-state index in [0.29, 0.717) is 6.54 Å². The molecule has 0 aliphatic carbocycles. The predicted molar refractivity (Wildman–Crippen MR) is 118 cm³/mol. The summed E-state index contributed by atoms with van der Waals surface area (Å²) >= 11 is 0. The Morgan fingerprint density at radius 2 is 1.93 bits per heavy atom. The third-order valence-electron chi connectivity index (χ3n) is 7.25. The van der Waals surface area contributed by atoms with Gasteiger partial charge in [0.1, 0.15) is 0 Å². The Balaban J connectivity index is 1.61. The van der Waals surface area contributed by atoms with Crippen molar-refractivity contribution < 1.29 is 9.59 Å². The van der Waals surface area contributed by atoms with Crippen LogP contribution in [0.5, 0.6) is 0 Å². The van der Waals surface area contributed by atoms with E-state index in [1.807, 2.05) is 4.90 Å². The second-order valence-electron chi connectivity index (χ2n) is 9.43. The van der Waals surface area contributed by atoms with Gasteiger partial charge >= 0.3 is 0 Å². The van der Waals surface area contributed by atoms with E-state index in [4.69, 9.17) is 0 Å². The number of benzene rings is 1. The van der Waals surface area contributed by atoms with Crippen LogP contribution in [0, 0.1) is 5.92 Å². The van der Waals surface area contributed by atoms with Crippen LogP contribution in [0.3, 0.4) is 0 Å². The van der Waals surface area contributed by atoms with Crippen LogP contribution in [0.2, 0.25) is 0 Å². The Morgan fingerprint density at radius 3 is 2.70 bits per heavy atom. The van der Waals surface area contributed by atoms with Crippen molar-refractivity contribution in [2.45, 2.75) is 57.5 Å². The van der Waals surface area contributed by atoms with E-state index >= 15 is 0 Å². The molecule has 0 saturated carbocycles. The quantitative estimate of drug-likeness (QED) is 0.793. The van der Waals surface area contributed by atoms with Gasteiger partial charge in [0.25, 0.3) is 0 Å². The van der Waals surface area contributed by atoms with E-state index in [9.17, 15) is 9.59 Å². The molecule has 1 aromatic carbocycles. The molecule has 3 aliphatic heterocycles. The second-order valence-corrected chi connectivity index (χ2v) is 9.43. The zero-order valence-corrected chi connectivity index (χ0v) is 18.3. The van der Waals surface area contributed by atoms with E-state index in [2.05, 4.69) is 39.8 Å². The molecule has 0 aromatic heterocycles. The molecule has 2 N–H and O–H groups in total. The first-order chi connectivity index (χ1) is 14.6. The van der Waals surface area contributed by atoms with Gasteiger partial charge in [-0.1, -0.05) is 30.7 Å². The molecule has 6 nitrogen and oxygen atoms in total. The molecule has 2 amide bonds. The standard InChI is InChI=1S/C24H36N4O2/c1-19(29)26-15-23(30)27-17-22-7-3-2-6-21(22)14-24(18-27)10-4-5-13-28(24)16-20-8-11-25-12-9-20/h2-3,6-7,20,25H,4-5,8-18H2,1H3,(H,26,29). The van der Waals surface area contributed by atoms with E-state index in [1.54, 1.807) is 0 Å². The fourth-order valence-electron chi connectivity index (χ4n) is 5.59. The molecular weight excluding hydrogens is 376 g/mol. The lowest BCUT2D eigenvalue weighted by atomic mass is 9.79. The Kier molecular flexibility index (Phi) is 6.74. The first kappa shape index (κ1) is 21.3. The zero-order valence-electron chi connectivity index (χ0n) is 18.3. The van der Waals surface area contributed by atoms with Gasteiger partial charge in [0.2, 0.25) is 11.8 Å². The maximum Gasteiger partial charge on any atom is 0.242 e. The number of hydrogen-bond donors (Lipinski definition) is 2. The normalized spacial score (nSPS) is 25.6. The lowest BCUT2D eigenvalue weighted by molar-refractivity contribution is -0.135. The summed E-state index contributed by atoms with van der Waals surface area (Å²) in [6.45, 7) is 7.45. The lowest BCUT2D eigenvalue weighted by Crippen LogP contribution is -2.60. The van der Waals surface area contributed by atoms with E-state index in [0.717, 1.165) is 51.5 Å². The number of carbonyl (C=O) groups excluding carboxylic acids is 2. The summed E-state index contributed by atoms with van der Waals surface area (Å²) in [5.74, 6) is 0.607. The molecular formula is C24H36N4O2. The van der Waals surface area contributed by atoms with Crippen LogP contribution in [-0.2, 0) is 22.6 Å². The average Bonchev–Trinajstić information content (AvgIpc) is 2.91. The number of amides is 2. The maximum absolute atomic E-state index is 13.1. The van der Waals surface area contributed by atoms with Crippen molar-refractivity contribution in [1.82, 2.24) is 20.4 Å². The lowest BCUT2D eigenvalue weighted by Gasteiger charge is -2.50. The second kappa shape index (κ2) is 9.48. The van der Waals surface area contributed by atoms with Crippen LogP contribution in [0.1, 0.15) is 50.2 Å². The summed E-state index contributed by atoms with van der Waals surface area (Å²) in [7, 11) is 0. The number of rotatable bonds is 4. The fourth-order valence-corrected chi connectivity index (χ4v) is 5.59. The molecule has 164 valence electrons. The number of piperidine rings is 2. The predicted octanol–water partition coefficient (Wildman–Crippen LogP) is 1.93. The van der Waals surface area contributed by atoms with E-state index in [1.165, 1.54) is 43.7 Å². The first-order valence-electron chi connectivity index (χ1n) is 11.6. The average molecular weight is 413 g/mol. The highest BCUT2D eigenvalue weighted by molar-refractivity contribution is 5.83. The van der Waals surface area contributed by atoms with Gasteiger partial charge < -0.3 is 15.5 Å². The van der Waals surface area contributed by atoms with E-state index < -0.39 is 0 Å². The van der Waals surface area contributed by atoms with Crippen LogP contribution >= 0.6 is 0 Å². The van der Waals surface area contributed by atoms with Gasteiger partial charge in [0.15, 0.2) is 0 Å². The van der Waals surface area contributed by atoms with Crippen LogP contribution in [0.15, 0.2) is 24.3 Å². The molecule has 0 radical (unpaired) electrons. The van der Waals surface area contributed by atoms with Gasteiger partial charge in [0, 0.05) is 32.1 Å². The van der Waals surface area contributed by atoms with Crippen LogP contribution < -0.4 is 10.6 Å². The largest absolute Gasteiger partial charge is 0.347 e. The molecule has 30 heavy (non-hydrogen) atoms. The minimum atomic E-state index is -0.154. The van der Waals surface area contributed by atoms with Gasteiger partial charge in [-0.3, -0.25) is 14.5 Å². The third kappa shape index (κ3) is 4.86. The molecule has 2 saturated heterocycles. The molecule has 6 heteroatoms. The number of hydrogen-bond acceptors (Lipinski definition) is 4. The Hall–Kier alpha value is -1.92. The topological polar surface area (TPSA) is 64.7 Å². The Bertz CT molecular complexity index is 761. The molecule has 0 bridgehead atoms. The number of nitrogens with zero attached hydrogens (tertiary/aromatic N) is 2. The van der Waals surface area contributed by atoms with Crippen LogP contribution in [0.4, 0.5) is 0 Å². The minimum Gasteiger partial charge on any atom is -0.347 e. The zero-order chi connectivity index (χ0) is 21.0. The molecule has 4 rings (SSSR count).